The van der Waals surface area contributed by atoms with Crippen LogP contribution in [0.2, 0.25) is 0 Å². The Balaban J connectivity index is 2.20. The SMILES string of the molecule is CC1CCN(C(=O)c2ccnc(NN)c2F)CC1C. The highest BCUT2D eigenvalue weighted by Gasteiger charge is 2.28. The molecule has 2 unspecified atom stereocenters. The van der Waals surface area contributed by atoms with Crippen LogP contribution < -0.4 is 11.3 Å². The fourth-order valence-corrected chi connectivity index (χ4v) is 2.33. The summed E-state index contributed by atoms with van der Waals surface area (Å²) in [5, 5.41) is 0. The first-order valence-electron chi connectivity index (χ1n) is 6.45. The molecule has 1 fully saturated rings. The van der Waals surface area contributed by atoms with Gasteiger partial charge in [0.2, 0.25) is 0 Å². The maximum Gasteiger partial charge on any atom is 0.257 e. The van der Waals surface area contributed by atoms with Crippen LogP contribution in [0.4, 0.5) is 10.2 Å². The molecule has 0 bridgehead atoms. The summed E-state index contributed by atoms with van der Waals surface area (Å²) in [5.74, 6) is 5.08. The second-order valence-corrected chi connectivity index (χ2v) is 5.16. The van der Waals surface area contributed by atoms with Gasteiger partial charge in [-0.2, -0.15) is 0 Å². The minimum Gasteiger partial charge on any atom is -0.338 e. The predicted molar refractivity (Wildman–Crippen MR) is 70.9 cm³/mol. The molecule has 2 rings (SSSR count). The van der Waals surface area contributed by atoms with Gasteiger partial charge in [0.05, 0.1) is 5.56 Å². The van der Waals surface area contributed by atoms with Gasteiger partial charge in [0.15, 0.2) is 11.6 Å². The van der Waals surface area contributed by atoms with E-state index in [0.29, 0.717) is 24.9 Å². The number of hydrazine groups is 1. The Morgan fingerprint density at radius 2 is 2.26 bits per heavy atom. The molecule has 1 aliphatic rings. The highest BCUT2D eigenvalue weighted by atomic mass is 19.1. The van der Waals surface area contributed by atoms with E-state index in [1.54, 1.807) is 4.90 Å². The van der Waals surface area contributed by atoms with E-state index >= 15 is 0 Å². The normalized spacial score (nSPS) is 23.3. The molecule has 0 aromatic carbocycles. The number of nitrogens with one attached hydrogen (secondary N) is 1. The summed E-state index contributed by atoms with van der Waals surface area (Å²) in [4.78, 5) is 17.8. The standard InChI is InChI=1S/C13H19FN4O/c1-8-4-6-18(7-9(8)2)13(19)10-3-5-16-12(17-15)11(10)14/h3,5,8-9H,4,6-7,15H2,1-2H3,(H,16,17). The summed E-state index contributed by atoms with van der Waals surface area (Å²) in [6.07, 6.45) is 2.32. The Hall–Kier alpha value is -1.69. The van der Waals surface area contributed by atoms with Crippen molar-refractivity contribution in [1.82, 2.24) is 9.88 Å². The van der Waals surface area contributed by atoms with Gasteiger partial charge in [0.1, 0.15) is 0 Å². The summed E-state index contributed by atoms with van der Waals surface area (Å²) in [5.41, 5.74) is 2.17. The van der Waals surface area contributed by atoms with Crippen molar-refractivity contribution < 1.29 is 9.18 Å². The summed E-state index contributed by atoms with van der Waals surface area (Å²) in [6.45, 7) is 5.61. The van der Waals surface area contributed by atoms with Crippen LogP contribution in [-0.2, 0) is 0 Å². The summed E-state index contributed by atoms with van der Waals surface area (Å²) in [7, 11) is 0. The fourth-order valence-electron chi connectivity index (χ4n) is 2.33. The Morgan fingerprint density at radius 1 is 1.53 bits per heavy atom. The highest BCUT2D eigenvalue weighted by molar-refractivity contribution is 5.95. The lowest BCUT2D eigenvalue weighted by Gasteiger charge is -2.35. The van der Waals surface area contributed by atoms with Crippen molar-refractivity contribution in [2.45, 2.75) is 20.3 Å². The molecule has 0 spiro atoms. The van der Waals surface area contributed by atoms with Crippen LogP contribution in [0.1, 0.15) is 30.6 Å². The minimum absolute atomic E-state index is 0.0182. The second kappa shape index (κ2) is 5.52. The van der Waals surface area contributed by atoms with E-state index in [0.717, 1.165) is 6.42 Å². The van der Waals surface area contributed by atoms with E-state index in [1.807, 2.05) is 0 Å². The van der Waals surface area contributed by atoms with Crippen LogP contribution in [0.15, 0.2) is 12.3 Å². The van der Waals surface area contributed by atoms with Crippen molar-refractivity contribution in [3.8, 4) is 0 Å². The lowest BCUT2D eigenvalue weighted by molar-refractivity contribution is 0.0623. The Morgan fingerprint density at radius 3 is 2.89 bits per heavy atom. The van der Waals surface area contributed by atoms with Crippen LogP contribution >= 0.6 is 0 Å². The number of aromatic nitrogens is 1. The van der Waals surface area contributed by atoms with Crippen LogP contribution in [0.25, 0.3) is 0 Å². The van der Waals surface area contributed by atoms with E-state index in [-0.39, 0.29) is 17.3 Å². The number of anilines is 1. The number of rotatable bonds is 2. The van der Waals surface area contributed by atoms with E-state index in [2.05, 4.69) is 24.3 Å². The monoisotopic (exact) mass is 266 g/mol. The molecule has 1 aliphatic heterocycles. The third kappa shape index (κ3) is 2.68. The molecule has 2 heterocycles. The third-order valence-electron chi connectivity index (χ3n) is 3.88. The van der Waals surface area contributed by atoms with Crippen molar-refractivity contribution in [1.29, 1.82) is 0 Å². The zero-order chi connectivity index (χ0) is 14.0. The number of piperidine rings is 1. The van der Waals surface area contributed by atoms with Crippen molar-refractivity contribution in [3.05, 3.63) is 23.6 Å². The fraction of sp³-hybridized carbons (Fsp3) is 0.538. The first-order chi connectivity index (χ1) is 9.04. The number of hydrogen-bond acceptors (Lipinski definition) is 4. The Kier molecular flexibility index (Phi) is 3.99. The van der Waals surface area contributed by atoms with Gasteiger partial charge in [-0.1, -0.05) is 13.8 Å². The molecule has 6 heteroatoms. The van der Waals surface area contributed by atoms with Crippen molar-refractivity contribution >= 4 is 11.7 Å². The van der Waals surface area contributed by atoms with Gasteiger partial charge >= 0.3 is 0 Å². The minimum atomic E-state index is -0.693. The van der Waals surface area contributed by atoms with Gasteiger partial charge in [-0.3, -0.25) is 4.79 Å². The molecular formula is C13H19FN4O. The van der Waals surface area contributed by atoms with E-state index in [1.165, 1.54) is 12.3 Å². The first-order valence-corrected chi connectivity index (χ1v) is 6.45. The topological polar surface area (TPSA) is 71.2 Å². The first kappa shape index (κ1) is 13.7. The average Bonchev–Trinajstić information content (AvgIpc) is 2.41. The molecule has 0 radical (unpaired) electrons. The maximum absolute atomic E-state index is 14.0. The predicted octanol–water partition coefficient (Wildman–Crippen LogP) is 1.62. The van der Waals surface area contributed by atoms with E-state index in [4.69, 9.17) is 5.84 Å². The van der Waals surface area contributed by atoms with Crippen LogP contribution in [0.5, 0.6) is 0 Å². The zero-order valence-electron chi connectivity index (χ0n) is 11.2. The Labute approximate surface area is 112 Å². The average molecular weight is 266 g/mol. The second-order valence-electron chi connectivity index (χ2n) is 5.16. The maximum atomic E-state index is 14.0. The van der Waals surface area contributed by atoms with Crippen molar-refractivity contribution in [3.63, 3.8) is 0 Å². The number of likely N-dealkylation sites (tertiary alicyclic amines) is 1. The van der Waals surface area contributed by atoms with Gasteiger partial charge in [-0.05, 0) is 24.3 Å². The van der Waals surface area contributed by atoms with Crippen molar-refractivity contribution in [2.75, 3.05) is 18.5 Å². The molecule has 3 N–H and O–H groups in total. The number of nitrogens with zero attached hydrogens (tertiary/aromatic N) is 2. The summed E-state index contributed by atoms with van der Waals surface area (Å²) in [6, 6.07) is 1.39. The van der Waals surface area contributed by atoms with Crippen LogP contribution in [-0.4, -0.2) is 28.9 Å². The molecule has 104 valence electrons. The molecule has 19 heavy (non-hydrogen) atoms. The number of carbonyl (C=O) groups excluding carboxylic acids is 1. The van der Waals surface area contributed by atoms with Gasteiger partial charge in [-0.25, -0.2) is 15.2 Å². The lowest BCUT2D eigenvalue weighted by Crippen LogP contribution is -2.42. The molecule has 1 amide bonds. The molecule has 5 nitrogen and oxygen atoms in total. The Bertz CT molecular complexity index is 480. The molecule has 1 saturated heterocycles. The van der Waals surface area contributed by atoms with Crippen LogP contribution in [0, 0.1) is 17.7 Å². The number of carbonyl (C=O) groups is 1. The van der Waals surface area contributed by atoms with Gasteiger partial charge in [-0.15, -0.1) is 0 Å². The van der Waals surface area contributed by atoms with Gasteiger partial charge in [0, 0.05) is 19.3 Å². The molecule has 0 aliphatic carbocycles. The van der Waals surface area contributed by atoms with E-state index < -0.39 is 5.82 Å². The molecule has 1 aromatic rings. The van der Waals surface area contributed by atoms with Crippen molar-refractivity contribution in [2.24, 2.45) is 17.7 Å². The smallest absolute Gasteiger partial charge is 0.257 e. The number of nitrogens with two attached hydrogens (primary N) is 1. The summed E-state index contributed by atoms with van der Waals surface area (Å²) < 4.78 is 14.0. The molecule has 0 saturated carbocycles. The number of pyridine rings is 1. The summed E-state index contributed by atoms with van der Waals surface area (Å²) >= 11 is 0. The third-order valence-corrected chi connectivity index (χ3v) is 3.88. The van der Waals surface area contributed by atoms with Gasteiger partial charge in [0.25, 0.3) is 5.91 Å². The molecule has 1 aromatic heterocycles. The van der Waals surface area contributed by atoms with E-state index in [9.17, 15) is 9.18 Å². The largest absolute Gasteiger partial charge is 0.338 e. The number of halogens is 1. The zero-order valence-corrected chi connectivity index (χ0v) is 11.2. The highest BCUT2D eigenvalue weighted by Crippen LogP contribution is 2.25. The lowest BCUT2D eigenvalue weighted by atomic mass is 9.88. The van der Waals surface area contributed by atoms with Crippen LogP contribution in [0.3, 0.4) is 0 Å². The number of amides is 1. The van der Waals surface area contributed by atoms with Gasteiger partial charge < -0.3 is 10.3 Å². The number of hydrogen-bond donors (Lipinski definition) is 2. The molecule has 2 atom stereocenters. The molecular weight excluding hydrogens is 247 g/mol. The quantitative estimate of drug-likeness (QED) is 0.630. The number of nitrogen functional groups attached to an aromatic ring is 1.